The fourth-order valence-corrected chi connectivity index (χ4v) is 5.98. The number of hydrogen-bond acceptors (Lipinski definition) is 5. The first-order valence-electron chi connectivity index (χ1n) is 14.7. The third-order valence-electron chi connectivity index (χ3n) is 7.93. The molecule has 2 unspecified atom stereocenters. The van der Waals surface area contributed by atoms with E-state index in [1.807, 2.05) is 38.2 Å². The Morgan fingerprint density at radius 2 is 2.02 bits per heavy atom. The molecule has 0 fully saturated rings. The third kappa shape index (κ3) is 6.08. The second kappa shape index (κ2) is 13.1. The molecule has 0 aromatic heterocycles. The highest BCUT2D eigenvalue weighted by molar-refractivity contribution is 5.73. The molecule has 0 saturated heterocycles. The molecule has 1 aromatic carbocycles. The molecule has 3 aliphatic rings. The summed E-state index contributed by atoms with van der Waals surface area (Å²) in [6.07, 6.45) is 14.8. The third-order valence-corrected chi connectivity index (χ3v) is 7.93. The van der Waals surface area contributed by atoms with Gasteiger partial charge in [-0.1, -0.05) is 59.8 Å². The molecule has 7 heteroatoms. The highest BCUT2D eigenvalue weighted by atomic mass is 16.6. The lowest BCUT2D eigenvalue weighted by Crippen LogP contribution is -2.79. The van der Waals surface area contributed by atoms with Crippen LogP contribution in [0.2, 0.25) is 0 Å². The summed E-state index contributed by atoms with van der Waals surface area (Å²) in [6.45, 7) is 16.7. The lowest BCUT2D eigenvalue weighted by molar-refractivity contribution is -0.572. The van der Waals surface area contributed by atoms with Crippen molar-refractivity contribution < 1.29 is 10.2 Å². The molecule has 0 bridgehead atoms. The van der Waals surface area contributed by atoms with Gasteiger partial charge in [0.15, 0.2) is 0 Å². The second-order valence-corrected chi connectivity index (χ2v) is 11.2. The monoisotopic (exact) mass is 544 g/mol. The molecular weight excluding hydrogens is 498 g/mol. The molecule has 0 radical (unpaired) electrons. The van der Waals surface area contributed by atoms with Gasteiger partial charge >= 0.3 is 0 Å². The highest BCUT2D eigenvalue weighted by Gasteiger charge is 2.44. The van der Waals surface area contributed by atoms with Gasteiger partial charge in [-0.05, 0) is 68.2 Å². The van der Waals surface area contributed by atoms with Crippen molar-refractivity contribution >= 4 is 11.4 Å². The number of nitrogens with one attached hydrogen (secondary N) is 1. The van der Waals surface area contributed by atoms with E-state index in [2.05, 4.69) is 80.5 Å². The van der Waals surface area contributed by atoms with Gasteiger partial charge in [0.25, 0.3) is 0 Å². The zero-order valence-electron chi connectivity index (χ0n) is 25.3. The second-order valence-electron chi connectivity index (χ2n) is 11.2. The zero-order valence-corrected chi connectivity index (χ0v) is 25.3. The maximum absolute atomic E-state index is 11.5. The lowest BCUT2D eigenvalue weighted by atomic mass is 9.79. The van der Waals surface area contributed by atoms with E-state index in [1.165, 1.54) is 16.9 Å². The van der Waals surface area contributed by atoms with Crippen LogP contribution in [0.4, 0.5) is 11.4 Å². The summed E-state index contributed by atoms with van der Waals surface area (Å²) in [4.78, 5) is 13.5. The Kier molecular flexibility index (Phi) is 10.2. The van der Waals surface area contributed by atoms with E-state index in [-0.39, 0.29) is 15.9 Å². The summed E-state index contributed by atoms with van der Waals surface area (Å²) in [7, 11) is 0. The van der Waals surface area contributed by atoms with Gasteiger partial charge in [-0.25, -0.2) is 0 Å². The van der Waals surface area contributed by atoms with Crippen molar-refractivity contribution in [1.82, 2.24) is 4.90 Å². The van der Waals surface area contributed by atoms with Crippen LogP contribution >= 0.6 is 0 Å². The van der Waals surface area contributed by atoms with Crippen LogP contribution in [0.3, 0.4) is 0 Å². The summed E-state index contributed by atoms with van der Waals surface area (Å²) in [5.41, 5.74) is 7.23. The first kappa shape index (κ1) is 30.9. The quantitative estimate of drug-likeness (QED) is 0.110. The van der Waals surface area contributed by atoms with Gasteiger partial charge in [0.05, 0.1) is 35.7 Å². The lowest BCUT2D eigenvalue weighted by Gasteiger charge is -2.43. The normalized spacial score (nSPS) is 23.6. The fraction of sp³-hybridized carbons (Fsp3) is 0.485. The summed E-state index contributed by atoms with van der Waals surface area (Å²) < 4.78 is 0. The van der Waals surface area contributed by atoms with E-state index < -0.39 is 6.04 Å². The number of nitrogens with zero attached hydrogens (tertiary/aromatic N) is 3. The molecule has 1 aliphatic carbocycles. The van der Waals surface area contributed by atoms with E-state index in [1.54, 1.807) is 6.08 Å². The topological polar surface area (TPSA) is 98.8 Å². The van der Waals surface area contributed by atoms with Gasteiger partial charge in [-0.3, -0.25) is 10.1 Å². The van der Waals surface area contributed by atoms with Gasteiger partial charge < -0.3 is 15.5 Å². The summed E-state index contributed by atoms with van der Waals surface area (Å²) >= 11 is 0. The van der Waals surface area contributed by atoms with E-state index in [9.17, 15) is 15.4 Å². The summed E-state index contributed by atoms with van der Waals surface area (Å²) in [5.74, 6) is 0. The van der Waals surface area contributed by atoms with Crippen LogP contribution in [0, 0.1) is 26.9 Å². The standard InChI is InChI=1S/C31H39N5O2.C2H6/c1-6-18-33-25-11-8-12-26-29(25)31(5,34-26)17-9-10-22(21-32)13-16-28-30(3,4)24-15-14-23(36(37)38)20-27(24)35(28)19-7-2;1-2/h8-16,23,33-34H,6-7,17-20H2,1-5H3;1-2H3/p+1/b10-9+,22-13-,28-16+;. The van der Waals surface area contributed by atoms with E-state index in [0.717, 1.165) is 49.3 Å². The Morgan fingerprint density at radius 1 is 1.27 bits per heavy atom. The minimum atomic E-state index is -0.692. The van der Waals surface area contributed by atoms with Crippen molar-refractivity contribution in [3.05, 3.63) is 92.9 Å². The van der Waals surface area contributed by atoms with Crippen LogP contribution in [0.5, 0.6) is 0 Å². The average Bonchev–Trinajstić information content (AvgIpc) is 3.15. The number of benzene rings is 1. The Morgan fingerprint density at radius 3 is 2.67 bits per heavy atom. The van der Waals surface area contributed by atoms with Gasteiger partial charge in [0.2, 0.25) is 6.04 Å². The van der Waals surface area contributed by atoms with Crippen LogP contribution < -0.4 is 10.6 Å². The molecule has 214 valence electrons. The predicted octanol–water partition coefficient (Wildman–Crippen LogP) is 6.85. The van der Waals surface area contributed by atoms with Gasteiger partial charge in [-0.2, -0.15) is 5.26 Å². The van der Waals surface area contributed by atoms with Gasteiger partial charge in [-0.15, -0.1) is 0 Å². The number of anilines is 1. The predicted molar refractivity (Wildman–Crippen MR) is 163 cm³/mol. The van der Waals surface area contributed by atoms with E-state index in [4.69, 9.17) is 0 Å². The van der Waals surface area contributed by atoms with Gasteiger partial charge in [0, 0.05) is 34.0 Å². The Bertz CT molecular complexity index is 1290. The smallest absolute Gasteiger partial charge is 0.237 e. The molecule has 0 saturated carbocycles. The maximum Gasteiger partial charge on any atom is 0.237 e. The van der Waals surface area contributed by atoms with Crippen LogP contribution in [-0.2, 0) is 5.54 Å². The number of allylic oxidation sites excluding steroid dienone is 6. The Balaban J connectivity index is 0.00000216. The van der Waals surface area contributed by atoms with Crippen molar-refractivity contribution in [1.29, 1.82) is 5.26 Å². The summed E-state index contributed by atoms with van der Waals surface area (Å²) in [6, 6.07) is 8.05. The fourth-order valence-electron chi connectivity index (χ4n) is 5.98. The van der Waals surface area contributed by atoms with Crippen LogP contribution in [0.15, 0.2) is 77.2 Å². The highest BCUT2D eigenvalue weighted by Crippen LogP contribution is 2.50. The molecule has 40 heavy (non-hydrogen) atoms. The molecule has 2 aliphatic heterocycles. The first-order valence-corrected chi connectivity index (χ1v) is 14.7. The maximum atomic E-state index is 11.5. The average molecular weight is 545 g/mol. The minimum absolute atomic E-state index is 0.153. The Hall–Kier alpha value is -3.63. The number of nitriles is 1. The molecule has 3 N–H and O–H groups in total. The molecule has 2 heterocycles. The molecule has 0 spiro atoms. The first-order chi connectivity index (χ1) is 19.2. The van der Waals surface area contributed by atoms with Crippen LogP contribution in [0.1, 0.15) is 79.7 Å². The van der Waals surface area contributed by atoms with Crippen molar-refractivity contribution in [2.75, 3.05) is 18.4 Å². The number of nitrogens with two attached hydrogens (primary N) is 1. The SMILES string of the molecule is CC.CCC[NH2+]c1cccc2c1C(C)(C/C=C/C(C#N)=C/C=C1/N(CCC)C3=C(C=CC([N+](=O)[O-])C3)C1(C)C)N2. The molecule has 7 nitrogen and oxygen atoms in total. The van der Waals surface area contributed by atoms with Gasteiger partial charge in [0.1, 0.15) is 5.69 Å². The number of nitro groups is 1. The number of hydrogen-bond donors (Lipinski definition) is 2. The molecular formula is C33H46N5O2+. The van der Waals surface area contributed by atoms with Crippen molar-refractivity contribution in [3.8, 4) is 6.07 Å². The van der Waals surface area contributed by atoms with Crippen LogP contribution in [-0.4, -0.2) is 29.0 Å². The molecule has 1 aromatic rings. The largest absolute Gasteiger partial charge is 0.375 e. The minimum Gasteiger partial charge on any atom is -0.375 e. The van der Waals surface area contributed by atoms with Crippen molar-refractivity contribution in [3.63, 3.8) is 0 Å². The Labute approximate surface area is 240 Å². The number of rotatable bonds is 10. The number of fused-ring (bicyclic) bond motifs is 1. The van der Waals surface area contributed by atoms with Crippen LogP contribution in [0.25, 0.3) is 0 Å². The summed E-state index contributed by atoms with van der Waals surface area (Å²) in [5, 5.41) is 27.3. The zero-order chi connectivity index (χ0) is 29.5. The molecule has 4 rings (SSSR count). The van der Waals surface area contributed by atoms with E-state index in [0.29, 0.717) is 12.0 Å². The number of quaternary nitrogens is 1. The van der Waals surface area contributed by atoms with Crippen molar-refractivity contribution in [2.45, 2.75) is 85.7 Å². The van der Waals surface area contributed by atoms with Crippen molar-refractivity contribution in [2.24, 2.45) is 5.41 Å². The molecule has 0 amide bonds. The molecule has 2 atom stereocenters. The van der Waals surface area contributed by atoms with E-state index >= 15 is 0 Å².